The lowest BCUT2D eigenvalue weighted by atomic mass is 10.3. The van der Waals surface area contributed by atoms with Crippen LogP contribution in [0.25, 0.3) is 0 Å². The summed E-state index contributed by atoms with van der Waals surface area (Å²) in [4.78, 5) is 35.4. The first kappa shape index (κ1) is 15.4. The van der Waals surface area contributed by atoms with Gasteiger partial charge in [-0.2, -0.15) is 0 Å². The Morgan fingerprint density at radius 2 is 2.14 bits per heavy atom. The molecule has 10 nitrogen and oxygen atoms in total. The predicted molar refractivity (Wildman–Crippen MR) is 78.4 cm³/mol. The van der Waals surface area contributed by atoms with E-state index in [0.717, 1.165) is 9.13 Å². The number of nitrogens with one attached hydrogen (secondary N) is 1. The maximum atomic E-state index is 12.4. The molecule has 0 radical (unpaired) electrons. The van der Waals surface area contributed by atoms with E-state index in [1.54, 1.807) is 13.0 Å². The highest BCUT2D eigenvalue weighted by molar-refractivity contribution is 5.79. The maximum absolute atomic E-state index is 12.4. The smallest absolute Gasteiger partial charge is 0.332 e. The second kappa shape index (κ2) is 5.76. The summed E-state index contributed by atoms with van der Waals surface area (Å²) in [6, 6.07) is 1.61. The van der Waals surface area contributed by atoms with Crippen molar-refractivity contribution in [2.24, 2.45) is 12.8 Å². The van der Waals surface area contributed by atoms with Crippen molar-refractivity contribution in [3.63, 3.8) is 0 Å². The van der Waals surface area contributed by atoms with E-state index < -0.39 is 17.2 Å². The first-order valence-electron chi connectivity index (χ1n) is 6.35. The van der Waals surface area contributed by atoms with Gasteiger partial charge in [0, 0.05) is 13.1 Å². The van der Waals surface area contributed by atoms with Gasteiger partial charge >= 0.3 is 5.69 Å². The van der Waals surface area contributed by atoms with Crippen LogP contribution in [0.2, 0.25) is 0 Å². The van der Waals surface area contributed by atoms with E-state index in [9.17, 15) is 14.4 Å². The Balaban J connectivity index is 2.51. The first-order valence-corrected chi connectivity index (χ1v) is 6.35. The maximum Gasteiger partial charge on any atom is 0.332 e. The SMILES string of the molecule is Cc1cc(Cn2c(=O)c(NCC(N)=O)c(N)n(C)c2=O)no1. The number of nitrogens with two attached hydrogens (primary N) is 2. The minimum absolute atomic E-state index is 0.0684. The minimum Gasteiger partial charge on any atom is -0.383 e. The fourth-order valence-electron chi connectivity index (χ4n) is 1.92. The van der Waals surface area contributed by atoms with Crippen molar-refractivity contribution in [3.8, 4) is 0 Å². The predicted octanol–water partition coefficient (Wildman–Crippen LogP) is -1.63. The molecule has 2 aromatic rings. The zero-order chi connectivity index (χ0) is 16.4. The highest BCUT2D eigenvalue weighted by atomic mass is 16.5. The molecule has 0 bridgehead atoms. The monoisotopic (exact) mass is 308 g/mol. The van der Waals surface area contributed by atoms with Crippen molar-refractivity contribution in [2.45, 2.75) is 13.5 Å². The molecule has 5 N–H and O–H groups in total. The van der Waals surface area contributed by atoms with E-state index in [1.165, 1.54) is 7.05 Å². The van der Waals surface area contributed by atoms with Gasteiger partial charge in [-0.1, -0.05) is 5.16 Å². The topological polar surface area (TPSA) is 151 Å². The quantitative estimate of drug-likeness (QED) is 0.599. The van der Waals surface area contributed by atoms with E-state index in [2.05, 4.69) is 10.5 Å². The zero-order valence-corrected chi connectivity index (χ0v) is 12.1. The van der Waals surface area contributed by atoms with Crippen molar-refractivity contribution in [1.29, 1.82) is 0 Å². The summed E-state index contributed by atoms with van der Waals surface area (Å²) in [5.41, 5.74) is 9.85. The molecule has 2 aromatic heterocycles. The van der Waals surface area contributed by atoms with Crippen LogP contribution < -0.4 is 28.0 Å². The van der Waals surface area contributed by atoms with Gasteiger partial charge in [-0.3, -0.25) is 18.7 Å². The van der Waals surface area contributed by atoms with Gasteiger partial charge in [0.25, 0.3) is 5.56 Å². The van der Waals surface area contributed by atoms with Crippen LogP contribution in [0, 0.1) is 6.92 Å². The van der Waals surface area contributed by atoms with Crippen LogP contribution in [0.3, 0.4) is 0 Å². The highest BCUT2D eigenvalue weighted by Gasteiger charge is 2.16. The molecule has 0 aliphatic carbocycles. The standard InChI is InChI=1S/C12H16N6O4/c1-6-3-7(16-22-6)5-18-11(20)9(15-4-8(13)19)10(14)17(2)12(18)21/h3,15H,4-5,14H2,1-2H3,(H2,13,19). The van der Waals surface area contributed by atoms with Crippen LogP contribution in [0.5, 0.6) is 0 Å². The van der Waals surface area contributed by atoms with E-state index in [4.69, 9.17) is 16.0 Å². The van der Waals surface area contributed by atoms with Crippen LogP contribution in [0.4, 0.5) is 11.5 Å². The van der Waals surface area contributed by atoms with Crippen molar-refractivity contribution in [1.82, 2.24) is 14.3 Å². The molecule has 118 valence electrons. The molecule has 1 amide bonds. The fourth-order valence-corrected chi connectivity index (χ4v) is 1.92. The molecule has 2 heterocycles. The van der Waals surface area contributed by atoms with Gasteiger partial charge in [0.05, 0.1) is 13.1 Å². The Kier molecular flexibility index (Phi) is 4.02. The largest absolute Gasteiger partial charge is 0.383 e. The van der Waals surface area contributed by atoms with Crippen molar-refractivity contribution in [3.05, 3.63) is 38.4 Å². The Labute approximate surface area is 124 Å². The van der Waals surface area contributed by atoms with E-state index in [0.29, 0.717) is 11.5 Å². The van der Waals surface area contributed by atoms with Crippen molar-refractivity contribution in [2.75, 3.05) is 17.6 Å². The molecule has 0 atom stereocenters. The Hall–Kier alpha value is -3.04. The van der Waals surface area contributed by atoms with Gasteiger partial charge < -0.3 is 21.3 Å². The Morgan fingerprint density at radius 3 is 2.68 bits per heavy atom. The number of nitrogen functional groups attached to an aromatic ring is 1. The molecular weight excluding hydrogens is 292 g/mol. The number of anilines is 2. The molecule has 22 heavy (non-hydrogen) atoms. The van der Waals surface area contributed by atoms with Crippen LogP contribution >= 0.6 is 0 Å². The minimum atomic E-state index is -0.664. The summed E-state index contributed by atoms with van der Waals surface area (Å²) >= 11 is 0. The molecule has 2 rings (SSSR count). The number of aryl methyl sites for hydroxylation is 1. The summed E-state index contributed by atoms with van der Waals surface area (Å²) in [6.07, 6.45) is 0. The lowest BCUT2D eigenvalue weighted by molar-refractivity contribution is -0.116. The number of carbonyl (C=O) groups is 1. The molecule has 0 aliphatic rings. The summed E-state index contributed by atoms with van der Waals surface area (Å²) in [5.74, 6) is -0.183. The third-order valence-corrected chi connectivity index (χ3v) is 3.03. The summed E-state index contributed by atoms with van der Waals surface area (Å²) in [7, 11) is 1.41. The van der Waals surface area contributed by atoms with Crippen molar-refractivity contribution >= 4 is 17.4 Å². The number of hydrogen-bond acceptors (Lipinski definition) is 7. The van der Waals surface area contributed by atoms with E-state index in [1.807, 2.05) is 0 Å². The number of hydrogen-bond donors (Lipinski definition) is 3. The van der Waals surface area contributed by atoms with Gasteiger partial charge in [0.15, 0.2) is 0 Å². The van der Waals surface area contributed by atoms with Gasteiger partial charge in [0.1, 0.15) is 23.0 Å². The highest BCUT2D eigenvalue weighted by Crippen LogP contribution is 2.09. The lowest BCUT2D eigenvalue weighted by Gasteiger charge is -2.13. The van der Waals surface area contributed by atoms with Gasteiger partial charge in [-0.25, -0.2) is 4.79 Å². The molecule has 0 saturated carbocycles. The Bertz CT molecular complexity index is 831. The molecular formula is C12H16N6O4. The van der Waals surface area contributed by atoms with Crippen LogP contribution in [-0.4, -0.2) is 26.7 Å². The van der Waals surface area contributed by atoms with Crippen LogP contribution in [-0.2, 0) is 18.4 Å². The second-order valence-corrected chi connectivity index (χ2v) is 4.74. The molecule has 0 aliphatic heterocycles. The summed E-state index contributed by atoms with van der Waals surface area (Å²) < 4.78 is 6.94. The molecule has 0 aromatic carbocycles. The lowest BCUT2D eigenvalue weighted by Crippen LogP contribution is -2.42. The van der Waals surface area contributed by atoms with Gasteiger partial charge in [-0.05, 0) is 6.92 Å². The zero-order valence-electron chi connectivity index (χ0n) is 12.1. The number of rotatable bonds is 5. The average Bonchev–Trinajstić information content (AvgIpc) is 2.86. The molecule has 0 unspecified atom stereocenters. The summed E-state index contributed by atoms with van der Waals surface area (Å²) in [6.45, 7) is 1.34. The number of amides is 1. The molecule has 0 spiro atoms. The number of nitrogens with zero attached hydrogens (tertiary/aromatic N) is 3. The van der Waals surface area contributed by atoms with Gasteiger partial charge in [-0.15, -0.1) is 0 Å². The molecule has 0 saturated heterocycles. The molecule has 10 heteroatoms. The third-order valence-electron chi connectivity index (χ3n) is 3.03. The fraction of sp³-hybridized carbons (Fsp3) is 0.333. The van der Waals surface area contributed by atoms with Crippen LogP contribution in [0.1, 0.15) is 11.5 Å². The average molecular weight is 308 g/mol. The summed E-state index contributed by atoms with van der Waals surface area (Å²) in [5, 5.41) is 6.28. The van der Waals surface area contributed by atoms with E-state index in [-0.39, 0.29) is 24.6 Å². The second-order valence-electron chi connectivity index (χ2n) is 4.74. The van der Waals surface area contributed by atoms with Crippen molar-refractivity contribution < 1.29 is 9.32 Å². The Morgan fingerprint density at radius 1 is 1.45 bits per heavy atom. The number of aromatic nitrogens is 3. The number of primary amides is 1. The van der Waals surface area contributed by atoms with E-state index >= 15 is 0 Å². The van der Waals surface area contributed by atoms with Gasteiger partial charge in [0.2, 0.25) is 5.91 Å². The molecule has 0 fully saturated rings. The number of carbonyl (C=O) groups excluding carboxylic acids is 1. The normalized spacial score (nSPS) is 10.6. The third kappa shape index (κ3) is 2.85. The first-order chi connectivity index (χ1) is 10.3. The van der Waals surface area contributed by atoms with Crippen LogP contribution in [0.15, 0.2) is 20.2 Å².